The number of benzene rings is 1. The van der Waals surface area contributed by atoms with Crippen LogP contribution in [0.1, 0.15) is 57.9 Å². The molecule has 106 valence electrons. The smallest absolute Gasteiger partial charge is 0.158 e. The Morgan fingerprint density at radius 1 is 1.26 bits per heavy atom. The highest BCUT2D eigenvalue weighted by Gasteiger charge is 2.31. The lowest BCUT2D eigenvalue weighted by molar-refractivity contribution is -0.226. The van der Waals surface area contributed by atoms with Crippen molar-refractivity contribution in [2.75, 3.05) is 6.61 Å². The van der Waals surface area contributed by atoms with Crippen LogP contribution in [0.2, 0.25) is 0 Å². The van der Waals surface area contributed by atoms with Crippen LogP contribution in [-0.4, -0.2) is 12.9 Å². The van der Waals surface area contributed by atoms with Crippen molar-refractivity contribution in [3.63, 3.8) is 0 Å². The zero-order chi connectivity index (χ0) is 13.6. The van der Waals surface area contributed by atoms with Gasteiger partial charge in [0, 0.05) is 6.61 Å². The summed E-state index contributed by atoms with van der Waals surface area (Å²) in [4.78, 5) is 0. The molecule has 2 atom stereocenters. The molecule has 2 nitrogen and oxygen atoms in total. The third-order valence-corrected chi connectivity index (χ3v) is 3.92. The van der Waals surface area contributed by atoms with E-state index in [0.717, 1.165) is 25.9 Å². The third kappa shape index (κ3) is 4.05. The van der Waals surface area contributed by atoms with Gasteiger partial charge in [-0.3, -0.25) is 0 Å². The summed E-state index contributed by atoms with van der Waals surface area (Å²) in [5.41, 5.74) is 1.04. The molecule has 0 amide bonds. The Bertz CT molecular complexity index is 357. The number of hydrogen-bond acceptors (Lipinski definition) is 2. The molecule has 1 fully saturated rings. The topological polar surface area (TPSA) is 18.5 Å². The lowest BCUT2D eigenvalue weighted by atomic mass is 9.90. The van der Waals surface area contributed by atoms with Crippen molar-refractivity contribution >= 4 is 0 Å². The molecular weight excluding hydrogens is 236 g/mol. The van der Waals surface area contributed by atoms with Crippen LogP contribution in [0.3, 0.4) is 0 Å². The fraction of sp³-hybridized carbons (Fsp3) is 0.647. The standard InChI is InChI=1S/C17H26O2/c1-3-4-13-17(2,15-10-6-5-7-11-15)19-16-12-8-9-14-18-16/h5-7,10-11,16H,3-4,8-9,12-14H2,1-2H3. The molecule has 1 aliphatic heterocycles. The second-order valence-electron chi connectivity index (χ2n) is 5.61. The summed E-state index contributed by atoms with van der Waals surface area (Å²) in [6.45, 7) is 5.27. The van der Waals surface area contributed by atoms with Gasteiger partial charge >= 0.3 is 0 Å². The Labute approximate surface area is 117 Å². The van der Waals surface area contributed by atoms with E-state index >= 15 is 0 Å². The maximum absolute atomic E-state index is 6.34. The van der Waals surface area contributed by atoms with Crippen molar-refractivity contribution in [1.82, 2.24) is 0 Å². The van der Waals surface area contributed by atoms with Crippen LogP contribution >= 0.6 is 0 Å². The van der Waals surface area contributed by atoms with Crippen molar-refractivity contribution in [2.45, 2.75) is 64.3 Å². The third-order valence-electron chi connectivity index (χ3n) is 3.92. The molecule has 2 rings (SSSR count). The molecule has 1 aromatic carbocycles. The molecule has 1 saturated heterocycles. The van der Waals surface area contributed by atoms with E-state index in [2.05, 4.69) is 44.2 Å². The number of hydrogen-bond donors (Lipinski definition) is 0. The first-order valence-corrected chi connectivity index (χ1v) is 7.59. The van der Waals surface area contributed by atoms with Crippen LogP contribution in [0.5, 0.6) is 0 Å². The molecule has 1 heterocycles. The first kappa shape index (κ1) is 14.5. The van der Waals surface area contributed by atoms with E-state index in [-0.39, 0.29) is 11.9 Å². The maximum Gasteiger partial charge on any atom is 0.158 e. The van der Waals surface area contributed by atoms with Crippen molar-refractivity contribution in [3.05, 3.63) is 35.9 Å². The highest BCUT2D eigenvalue weighted by Crippen LogP contribution is 2.34. The molecule has 0 N–H and O–H groups in total. The fourth-order valence-electron chi connectivity index (χ4n) is 2.67. The van der Waals surface area contributed by atoms with Crippen LogP contribution in [0, 0.1) is 0 Å². The summed E-state index contributed by atoms with van der Waals surface area (Å²) in [5, 5.41) is 0. The van der Waals surface area contributed by atoms with Gasteiger partial charge in [-0.15, -0.1) is 0 Å². The van der Waals surface area contributed by atoms with Gasteiger partial charge in [0.05, 0.1) is 5.60 Å². The van der Waals surface area contributed by atoms with Gasteiger partial charge in [0.15, 0.2) is 6.29 Å². The van der Waals surface area contributed by atoms with Crippen LogP contribution < -0.4 is 0 Å². The number of unbranched alkanes of at least 4 members (excludes halogenated alkanes) is 1. The number of ether oxygens (including phenoxy) is 2. The minimum atomic E-state index is -0.223. The minimum absolute atomic E-state index is 0.0317. The van der Waals surface area contributed by atoms with Gasteiger partial charge in [0.2, 0.25) is 0 Å². The monoisotopic (exact) mass is 262 g/mol. The first-order chi connectivity index (χ1) is 9.24. The summed E-state index contributed by atoms with van der Waals surface area (Å²) in [5.74, 6) is 0. The van der Waals surface area contributed by atoms with Gasteiger partial charge in [-0.25, -0.2) is 0 Å². The Kier molecular flexibility index (Phi) is 5.41. The Morgan fingerprint density at radius 3 is 2.68 bits per heavy atom. The molecule has 0 radical (unpaired) electrons. The Morgan fingerprint density at radius 2 is 2.05 bits per heavy atom. The van der Waals surface area contributed by atoms with E-state index in [1.54, 1.807) is 0 Å². The molecule has 1 aliphatic rings. The van der Waals surface area contributed by atoms with Gasteiger partial charge in [-0.05, 0) is 38.2 Å². The van der Waals surface area contributed by atoms with Gasteiger partial charge in [-0.1, -0.05) is 50.1 Å². The van der Waals surface area contributed by atoms with Crippen molar-refractivity contribution < 1.29 is 9.47 Å². The molecule has 1 aromatic rings. The van der Waals surface area contributed by atoms with E-state index in [1.165, 1.54) is 24.8 Å². The van der Waals surface area contributed by atoms with E-state index in [0.29, 0.717) is 0 Å². The van der Waals surface area contributed by atoms with E-state index in [9.17, 15) is 0 Å². The molecule has 19 heavy (non-hydrogen) atoms. The summed E-state index contributed by atoms with van der Waals surface area (Å²) in [6.07, 6.45) is 6.79. The molecule has 0 spiro atoms. The molecule has 2 unspecified atom stereocenters. The predicted molar refractivity (Wildman–Crippen MR) is 78.0 cm³/mol. The van der Waals surface area contributed by atoms with Crippen LogP contribution in [0.25, 0.3) is 0 Å². The zero-order valence-corrected chi connectivity index (χ0v) is 12.2. The Hall–Kier alpha value is -0.860. The lowest BCUT2D eigenvalue weighted by Crippen LogP contribution is -2.34. The van der Waals surface area contributed by atoms with Crippen LogP contribution in [0.15, 0.2) is 30.3 Å². The van der Waals surface area contributed by atoms with Crippen molar-refractivity contribution in [2.24, 2.45) is 0 Å². The van der Waals surface area contributed by atoms with Gasteiger partial charge in [-0.2, -0.15) is 0 Å². The SMILES string of the molecule is CCCCC(C)(OC1CCCCO1)c1ccccc1. The molecule has 0 bridgehead atoms. The van der Waals surface area contributed by atoms with Gasteiger partial charge in [0.25, 0.3) is 0 Å². The maximum atomic E-state index is 6.34. The van der Waals surface area contributed by atoms with E-state index in [1.807, 2.05) is 0 Å². The minimum Gasteiger partial charge on any atom is -0.353 e. The number of rotatable bonds is 6. The average molecular weight is 262 g/mol. The van der Waals surface area contributed by atoms with Crippen molar-refractivity contribution in [3.8, 4) is 0 Å². The highest BCUT2D eigenvalue weighted by molar-refractivity contribution is 5.21. The summed E-state index contributed by atoms with van der Waals surface area (Å²) in [6, 6.07) is 10.6. The van der Waals surface area contributed by atoms with Gasteiger partial charge in [0.1, 0.15) is 0 Å². The van der Waals surface area contributed by atoms with E-state index < -0.39 is 0 Å². The normalized spacial score (nSPS) is 22.9. The predicted octanol–water partition coefficient (Wildman–Crippen LogP) is 4.64. The van der Waals surface area contributed by atoms with Gasteiger partial charge < -0.3 is 9.47 Å². The van der Waals surface area contributed by atoms with Crippen LogP contribution in [0.4, 0.5) is 0 Å². The largest absolute Gasteiger partial charge is 0.353 e. The quantitative estimate of drug-likeness (QED) is 0.744. The van der Waals surface area contributed by atoms with Crippen LogP contribution in [-0.2, 0) is 15.1 Å². The fourth-order valence-corrected chi connectivity index (χ4v) is 2.67. The first-order valence-electron chi connectivity index (χ1n) is 7.59. The summed E-state index contributed by atoms with van der Waals surface area (Å²) in [7, 11) is 0. The van der Waals surface area contributed by atoms with Crippen molar-refractivity contribution in [1.29, 1.82) is 0 Å². The second-order valence-corrected chi connectivity index (χ2v) is 5.61. The highest BCUT2D eigenvalue weighted by atomic mass is 16.7. The summed E-state index contributed by atoms with van der Waals surface area (Å²) < 4.78 is 12.1. The Balaban J connectivity index is 2.09. The average Bonchev–Trinajstić information content (AvgIpc) is 2.47. The second kappa shape index (κ2) is 7.06. The molecule has 0 aromatic heterocycles. The molecule has 0 saturated carbocycles. The zero-order valence-electron chi connectivity index (χ0n) is 12.2. The lowest BCUT2D eigenvalue weighted by Gasteiger charge is -2.36. The summed E-state index contributed by atoms with van der Waals surface area (Å²) >= 11 is 0. The molecular formula is C17H26O2. The van der Waals surface area contributed by atoms with E-state index in [4.69, 9.17) is 9.47 Å². The molecule has 2 heteroatoms. The molecule has 0 aliphatic carbocycles.